The zero-order valence-corrected chi connectivity index (χ0v) is 11.6. The molecular weight excluding hydrogens is 288 g/mol. The second kappa shape index (κ2) is 6.10. The molecule has 1 aromatic carbocycles. The molecule has 1 amide bonds. The van der Waals surface area contributed by atoms with Gasteiger partial charge in [-0.25, -0.2) is 4.79 Å². The lowest BCUT2D eigenvalue weighted by atomic mass is 10.3. The fourth-order valence-electron chi connectivity index (χ4n) is 1.60. The normalized spacial score (nSPS) is 10.1. The van der Waals surface area contributed by atoms with Crippen LogP contribution in [0.2, 0.25) is 0 Å². The molecule has 104 valence electrons. The van der Waals surface area contributed by atoms with E-state index in [1.54, 1.807) is 30.6 Å². The third-order valence-corrected chi connectivity index (χ3v) is 3.37. The summed E-state index contributed by atoms with van der Waals surface area (Å²) in [6.07, 6.45) is 2.75. The van der Waals surface area contributed by atoms with Gasteiger partial charge in [0.15, 0.2) is 5.01 Å². The minimum absolute atomic E-state index is 0.183. The van der Waals surface area contributed by atoms with Gasteiger partial charge in [-0.3, -0.25) is 10.3 Å². The molecule has 0 spiro atoms. The predicted molar refractivity (Wildman–Crippen MR) is 79.2 cm³/mol. The molecule has 0 saturated carbocycles. The Balaban J connectivity index is 1.66. The Hall–Kier alpha value is -2.80. The molecule has 0 saturated heterocycles. The average Bonchev–Trinajstić information content (AvgIpc) is 2.97. The van der Waals surface area contributed by atoms with Gasteiger partial charge >= 0.3 is 11.3 Å². The van der Waals surface area contributed by atoms with Crippen molar-refractivity contribution in [2.45, 2.75) is 0 Å². The molecule has 0 unspecified atom stereocenters. The SMILES string of the molecule is O=C(Nc1ccccc1)Oc1nnc(-c2cccnc2)s1. The lowest BCUT2D eigenvalue weighted by molar-refractivity contribution is 0.214. The second-order valence-corrected chi connectivity index (χ2v) is 4.94. The molecule has 0 aliphatic rings. The molecule has 0 atom stereocenters. The van der Waals surface area contributed by atoms with Gasteiger partial charge in [-0.15, -0.1) is 5.10 Å². The predicted octanol–water partition coefficient (Wildman–Crippen LogP) is 3.21. The van der Waals surface area contributed by atoms with Crippen molar-refractivity contribution in [1.29, 1.82) is 0 Å². The fraction of sp³-hybridized carbons (Fsp3) is 0. The van der Waals surface area contributed by atoms with E-state index in [1.807, 2.05) is 24.3 Å². The number of amides is 1. The zero-order valence-electron chi connectivity index (χ0n) is 10.8. The second-order valence-electron chi connectivity index (χ2n) is 4.00. The number of hydrogen-bond acceptors (Lipinski definition) is 6. The molecule has 0 radical (unpaired) electrons. The monoisotopic (exact) mass is 298 g/mol. The van der Waals surface area contributed by atoms with Crippen molar-refractivity contribution in [2.24, 2.45) is 0 Å². The van der Waals surface area contributed by atoms with Crippen LogP contribution >= 0.6 is 11.3 Å². The highest BCUT2D eigenvalue weighted by atomic mass is 32.1. The van der Waals surface area contributed by atoms with Crippen LogP contribution in [0.25, 0.3) is 10.6 Å². The van der Waals surface area contributed by atoms with Crippen LogP contribution < -0.4 is 10.1 Å². The molecule has 0 fully saturated rings. The van der Waals surface area contributed by atoms with Crippen LogP contribution in [0.4, 0.5) is 10.5 Å². The lowest BCUT2D eigenvalue weighted by Crippen LogP contribution is -2.16. The molecule has 3 rings (SSSR count). The number of benzene rings is 1. The Morgan fingerprint density at radius 3 is 2.71 bits per heavy atom. The minimum atomic E-state index is -0.602. The average molecular weight is 298 g/mol. The molecule has 7 heteroatoms. The van der Waals surface area contributed by atoms with E-state index in [0.29, 0.717) is 10.7 Å². The Morgan fingerprint density at radius 1 is 1.10 bits per heavy atom. The van der Waals surface area contributed by atoms with Crippen LogP contribution in [0.1, 0.15) is 0 Å². The number of para-hydroxylation sites is 1. The summed E-state index contributed by atoms with van der Waals surface area (Å²) < 4.78 is 5.09. The van der Waals surface area contributed by atoms with Gasteiger partial charge in [0.2, 0.25) is 0 Å². The number of carbonyl (C=O) groups is 1. The van der Waals surface area contributed by atoms with Crippen LogP contribution in [0.5, 0.6) is 5.19 Å². The summed E-state index contributed by atoms with van der Waals surface area (Å²) in [5.74, 6) is 0. The van der Waals surface area contributed by atoms with Crippen molar-refractivity contribution in [3.8, 4) is 15.8 Å². The molecule has 2 aromatic heterocycles. The molecule has 2 heterocycles. The summed E-state index contributed by atoms with van der Waals surface area (Å²) in [5.41, 5.74) is 1.48. The van der Waals surface area contributed by atoms with E-state index < -0.39 is 6.09 Å². The Morgan fingerprint density at radius 2 is 1.95 bits per heavy atom. The number of carbonyl (C=O) groups excluding carboxylic acids is 1. The van der Waals surface area contributed by atoms with Crippen LogP contribution in [-0.2, 0) is 0 Å². The number of anilines is 1. The van der Waals surface area contributed by atoms with Gasteiger partial charge in [0.1, 0.15) is 0 Å². The van der Waals surface area contributed by atoms with E-state index in [-0.39, 0.29) is 5.19 Å². The van der Waals surface area contributed by atoms with Crippen molar-refractivity contribution in [2.75, 3.05) is 5.32 Å². The highest BCUT2D eigenvalue weighted by molar-refractivity contribution is 7.16. The van der Waals surface area contributed by atoms with Gasteiger partial charge in [0, 0.05) is 23.6 Å². The number of nitrogens with zero attached hydrogens (tertiary/aromatic N) is 3. The summed E-state index contributed by atoms with van der Waals surface area (Å²) in [4.78, 5) is 15.7. The third kappa shape index (κ3) is 3.40. The minimum Gasteiger partial charge on any atom is -0.380 e. The van der Waals surface area contributed by atoms with E-state index >= 15 is 0 Å². The van der Waals surface area contributed by atoms with Crippen LogP contribution in [0.15, 0.2) is 54.9 Å². The van der Waals surface area contributed by atoms with E-state index in [2.05, 4.69) is 20.5 Å². The van der Waals surface area contributed by atoms with Gasteiger partial charge in [-0.1, -0.05) is 34.6 Å². The highest BCUT2D eigenvalue weighted by Crippen LogP contribution is 2.27. The van der Waals surface area contributed by atoms with Crippen molar-refractivity contribution < 1.29 is 9.53 Å². The quantitative estimate of drug-likeness (QED) is 0.803. The molecule has 6 nitrogen and oxygen atoms in total. The maximum Gasteiger partial charge on any atom is 0.419 e. The van der Waals surface area contributed by atoms with E-state index in [1.165, 1.54) is 11.3 Å². The third-order valence-electron chi connectivity index (χ3n) is 2.52. The summed E-state index contributed by atoms with van der Waals surface area (Å²) >= 11 is 1.18. The first kappa shape index (κ1) is 13.2. The molecule has 3 aromatic rings. The molecule has 0 aliphatic carbocycles. The van der Waals surface area contributed by atoms with E-state index in [0.717, 1.165) is 5.56 Å². The molecule has 0 aliphatic heterocycles. The van der Waals surface area contributed by atoms with Crippen molar-refractivity contribution >= 4 is 23.1 Å². The maximum atomic E-state index is 11.7. The molecule has 0 bridgehead atoms. The molecular formula is C14H10N4O2S. The number of hydrogen-bond donors (Lipinski definition) is 1. The standard InChI is InChI=1S/C14H10N4O2S/c19-13(16-11-6-2-1-3-7-11)20-14-18-17-12(21-14)10-5-4-8-15-9-10/h1-9H,(H,16,19). The number of aromatic nitrogens is 3. The van der Waals surface area contributed by atoms with Gasteiger partial charge < -0.3 is 4.74 Å². The number of ether oxygens (including phenoxy) is 1. The lowest BCUT2D eigenvalue weighted by Gasteiger charge is -2.02. The van der Waals surface area contributed by atoms with E-state index in [4.69, 9.17) is 4.74 Å². The first-order valence-corrected chi connectivity index (χ1v) is 6.91. The number of rotatable bonds is 3. The zero-order chi connectivity index (χ0) is 14.5. The van der Waals surface area contributed by atoms with Crippen LogP contribution in [0.3, 0.4) is 0 Å². The summed E-state index contributed by atoms with van der Waals surface area (Å²) in [6, 6.07) is 12.7. The molecule has 21 heavy (non-hydrogen) atoms. The Kier molecular flexibility index (Phi) is 3.83. The first-order valence-electron chi connectivity index (χ1n) is 6.09. The summed E-state index contributed by atoms with van der Waals surface area (Å²) in [5, 5.41) is 11.2. The number of nitrogens with one attached hydrogen (secondary N) is 1. The highest BCUT2D eigenvalue weighted by Gasteiger charge is 2.11. The van der Waals surface area contributed by atoms with Crippen molar-refractivity contribution in [1.82, 2.24) is 15.2 Å². The van der Waals surface area contributed by atoms with Gasteiger partial charge in [-0.2, -0.15) is 0 Å². The largest absolute Gasteiger partial charge is 0.419 e. The van der Waals surface area contributed by atoms with Crippen molar-refractivity contribution in [3.05, 3.63) is 54.9 Å². The number of pyridine rings is 1. The Labute approximate surface area is 124 Å². The maximum absolute atomic E-state index is 11.7. The smallest absolute Gasteiger partial charge is 0.380 e. The van der Waals surface area contributed by atoms with E-state index in [9.17, 15) is 4.79 Å². The summed E-state index contributed by atoms with van der Waals surface area (Å²) in [6.45, 7) is 0. The molecule has 1 N–H and O–H groups in total. The van der Waals surface area contributed by atoms with Gasteiger partial charge in [0.05, 0.1) is 0 Å². The van der Waals surface area contributed by atoms with Crippen LogP contribution in [-0.4, -0.2) is 21.3 Å². The fourth-order valence-corrected chi connectivity index (χ4v) is 2.29. The Bertz CT molecular complexity index is 731. The van der Waals surface area contributed by atoms with Gasteiger partial charge in [0.25, 0.3) is 0 Å². The van der Waals surface area contributed by atoms with Crippen molar-refractivity contribution in [3.63, 3.8) is 0 Å². The van der Waals surface area contributed by atoms with Crippen LogP contribution in [0, 0.1) is 0 Å². The summed E-state index contributed by atoms with van der Waals surface area (Å²) in [7, 11) is 0. The topological polar surface area (TPSA) is 77.0 Å². The van der Waals surface area contributed by atoms with Gasteiger partial charge in [-0.05, 0) is 24.3 Å². The first-order chi connectivity index (χ1) is 10.3.